The minimum atomic E-state index is -1.09. The van der Waals surface area contributed by atoms with Crippen LogP contribution in [0, 0.1) is 0 Å². The number of fused-ring (bicyclic) bond motifs is 1. The van der Waals surface area contributed by atoms with Crippen LogP contribution in [-0.4, -0.2) is 44.2 Å². The number of nitrogens with one attached hydrogen (secondary N) is 1. The van der Waals surface area contributed by atoms with Gasteiger partial charge in [0.15, 0.2) is 5.65 Å². The molecule has 0 saturated carbocycles. The van der Waals surface area contributed by atoms with Gasteiger partial charge < -0.3 is 5.11 Å². The Morgan fingerprint density at radius 2 is 2.10 bits per heavy atom. The second-order valence-corrected chi connectivity index (χ2v) is 4.21. The molecule has 9 nitrogen and oxygen atoms in total. The van der Waals surface area contributed by atoms with Crippen molar-refractivity contribution in [2.24, 2.45) is 0 Å². The predicted molar refractivity (Wildman–Crippen MR) is 65.4 cm³/mol. The molecule has 1 aliphatic heterocycles. The first-order chi connectivity index (χ1) is 9.56. The Labute approximate surface area is 111 Å². The molecule has 0 bridgehead atoms. The van der Waals surface area contributed by atoms with Gasteiger partial charge >= 0.3 is 12.0 Å². The molecule has 0 radical (unpaired) electrons. The van der Waals surface area contributed by atoms with Gasteiger partial charge in [0.05, 0.1) is 5.56 Å². The lowest BCUT2D eigenvalue weighted by Gasteiger charge is -2.24. The van der Waals surface area contributed by atoms with Crippen LogP contribution in [0.4, 0.5) is 10.7 Å². The molecule has 0 aromatic carbocycles. The van der Waals surface area contributed by atoms with Gasteiger partial charge in [-0.05, 0) is 12.1 Å². The normalized spacial score (nSPS) is 15.5. The topological polar surface area (TPSA) is 117 Å². The first kappa shape index (κ1) is 12.1. The van der Waals surface area contributed by atoms with Gasteiger partial charge in [0.1, 0.15) is 0 Å². The molecule has 0 aliphatic carbocycles. The Bertz CT molecular complexity index is 737. The average molecular weight is 275 g/mol. The molecule has 102 valence electrons. The fourth-order valence-electron chi connectivity index (χ4n) is 1.94. The van der Waals surface area contributed by atoms with Crippen molar-refractivity contribution in [2.45, 2.75) is 6.42 Å². The number of hydrogen-bond acceptors (Lipinski definition) is 5. The number of carbonyl (C=O) groups excluding carboxylic acids is 2. The van der Waals surface area contributed by atoms with Gasteiger partial charge in [0, 0.05) is 19.2 Å². The van der Waals surface area contributed by atoms with Crippen molar-refractivity contribution in [1.29, 1.82) is 0 Å². The molecule has 9 heteroatoms. The number of aromatic nitrogens is 3. The van der Waals surface area contributed by atoms with Crippen LogP contribution in [0.3, 0.4) is 0 Å². The van der Waals surface area contributed by atoms with Crippen molar-refractivity contribution >= 4 is 29.5 Å². The number of carboxylic acids is 1. The molecule has 1 saturated heterocycles. The van der Waals surface area contributed by atoms with Crippen molar-refractivity contribution in [1.82, 2.24) is 19.9 Å². The van der Waals surface area contributed by atoms with Gasteiger partial charge in [0.2, 0.25) is 11.9 Å². The van der Waals surface area contributed by atoms with E-state index in [9.17, 15) is 14.4 Å². The summed E-state index contributed by atoms with van der Waals surface area (Å²) in [6.45, 7) is 0.169. The van der Waals surface area contributed by atoms with Gasteiger partial charge in [-0.3, -0.25) is 19.4 Å². The summed E-state index contributed by atoms with van der Waals surface area (Å²) in [5.41, 5.74) is 0.460. The van der Waals surface area contributed by atoms with Gasteiger partial charge in [0.25, 0.3) is 0 Å². The molecule has 1 aliphatic rings. The molecule has 3 amide bonds. The Morgan fingerprint density at radius 1 is 1.30 bits per heavy atom. The zero-order valence-corrected chi connectivity index (χ0v) is 10.1. The Balaban J connectivity index is 2.07. The monoisotopic (exact) mass is 275 g/mol. The van der Waals surface area contributed by atoms with Crippen molar-refractivity contribution in [2.75, 3.05) is 11.4 Å². The SMILES string of the molecule is O=C1CCN(c2nnc3ccc(C(=O)O)cn23)C(=O)N1. The average Bonchev–Trinajstić information content (AvgIpc) is 2.81. The van der Waals surface area contributed by atoms with E-state index in [0.717, 1.165) is 0 Å². The summed E-state index contributed by atoms with van der Waals surface area (Å²) in [5, 5.41) is 18.9. The molecule has 3 rings (SSSR count). The van der Waals surface area contributed by atoms with E-state index in [4.69, 9.17) is 5.11 Å². The summed E-state index contributed by atoms with van der Waals surface area (Å²) in [5.74, 6) is -1.27. The Kier molecular flexibility index (Phi) is 2.60. The minimum absolute atomic E-state index is 0.0482. The highest BCUT2D eigenvalue weighted by molar-refractivity contribution is 6.04. The summed E-state index contributed by atoms with van der Waals surface area (Å²) in [4.78, 5) is 35.1. The summed E-state index contributed by atoms with van der Waals surface area (Å²) in [7, 11) is 0. The maximum Gasteiger partial charge on any atom is 0.337 e. The number of urea groups is 1. The van der Waals surface area contributed by atoms with Gasteiger partial charge in [-0.25, -0.2) is 9.59 Å². The molecular formula is C11H9N5O4. The van der Waals surface area contributed by atoms with Crippen LogP contribution in [0.25, 0.3) is 5.65 Å². The van der Waals surface area contributed by atoms with E-state index in [2.05, 4.69) is 15.5 Å². The first-order valence-electron chi connectivity index (χ1n) is 5.75. The highest BCUT2D eigenvalue weighted by atomic mass is 16.4. The van der Waals surface area contributed by atoms with Gasteiger partial charge in [-0.15, -0.1) is 10.2 Å². The number of imide groups is 1. The van der Waals surface area contributed by atoms with Gasteiger partial charge in [-0.1, -0.05) is 0 Å². The van der Waals surface area contributed by atoms with Crippen molar-refractivity contribution in [3.05, 3.63) is 23.9 Å². The van der Waals surface area contributed by atoms with Crippen LogP contribution in [0.5, 0.6) is 0 Å². The fraction of sp³-hybridized carbons (Fsp3) is 0.182. The molecule has 1 fully saturated rings. The third-order valence-corrected chi connectivity index (χ3v) is 2.93. The largest absolute Gasteiger partial charge is 0.478 e. The summed E-state index contributed by atoms with van der Waals surface area (Å²) in [6.07, 6.45) is 1.48. The number of anilines is 1. The van der Waals surface area contributed by atoms with E-state index in [-0.39, 0.29) is 30.4 Å². The van der Waals surface area contributed by atoms with Crippen molar-refractivity contribution < 1.29 is 19.5 Å². The number of carbonyl (C=O) groups is 3. The zero-order chi connectivity index (χ0) is 14.3. The molecule has 2 aromatic heterocycles. The molecule has 0 unspecified atom stereocenters. The van der Waals surface area contributed by atoms with E-state index in [1.165, 1.54) is 27.6 Å². The first-order valence-corrected chi connectivity index (χ1v) is 5.75. The second-order valence-electron chi connectivity index (χ2n) is 4.21. The number of rotatable bonds is 2. The molecular weight excluding hydrogens is 266 g/mol. The second kappa shape index (κ2) is 4.30. The zero-order valence-electron chi connectivity index (χ0n) is 10.1. The quantitative estimate of drug-likeness (QED) is 0.788. The molecule has 2 aromatic rings. The van der Waals surface area contributed by atoms with Crippen molar-refractivity contribution in [3.8, 4) is 0 Å². The van der Waals surface area contributed by atoms with E-state index >= 15 is 0 Å². The standard InChI is InChI=1S/C11H9N5O4/c17-8-3-4-15(11(20)12-8)10-14-13-7-2-1-6(9(18)19)5-16(7)10/h1-2,5H,3-4H2,(H,18,19)(H,12,17,20). The maximum atomic E-state index is 11.8. The van der Waals surface area contributed by atoms with Crippen LogP contribution >= 0.6 is 0 Å². The van der Waals surface area contributed by atoms with Gasteiger partial charge in [-0.2, -0.15) is 0 Å². The minimum Gasteiger partial charge on any atom is -0.478 e. The fourth-order valence-corrected chi connectivity index (χ4v) is 1.94. The number of pyridine rings is 1. The highest BCUT2D eigenvalue weighted by Gasteiger charge is 2.27. The maximum absolute atomic E-state index is 11.8. The van der Waals surface area contributed by atoms with Crippen LogP contribution in [0.1, 0.15) is 16.8 Å². The third-order valence-electron chi connectivity index (χ3n) is 2.93. The van der Waals surface area contributed by atoms with E-state index in [1.54, 1.807) is 0 Å². The summed E-state index contributed by atoms with van der Waals surface area (Å²) in [6, 6.07) is 2.29. The molecule has 0 atom stereocenters. The lowest BCUT2D eigenvalue weighted by molar-refractivity contribution is -0.120. The number of aromatic carboxylic acids is 1. The number of carboxylic acid groups (broad SMARTS) is 1. The predicted octanol–water partition coefficient (Wildman–Crippen LogP) is -0.126. The number of nitrogens with zero attached hydrogens (tertiary/aromatic N) is 4. The van der Waals surface area contributed by atoms with Crippen LogP contribution in [0.15, 0.2) is 18.3 Å². The lowest BCUT2D eigenvalue weighted by atomic mass is 10.3. The van der Waals surface area contributed by atoms with Crippen LogP contribution in [0.2, 0.25) is 0 Å². The molecule has 3 heterocycles. The molecule has 0 spiro atoms. The molecule has 2 N–H and O–H groups in total. The number of hydrogen-bond donors (Lipinski definition) is 2. The highest BCUT2D eigenvalue weighted by Crippen LogP contribution is 2.17. The van der Waals surface area contributed by atoms with Crippen LogP contribution in [-0.2, 0) is 4.79 Å². The smallest absolute Gasteiger partial charge is 0.337 e. The summed E-state index contributed by atoms with van der Waals surface area (Å²) >= 11 is 0. The third kappa shape index (κ3) is 1.85. The Hall–Kier alpha value is -2.97. The van der Waals surface area contributed by atoms with E-state index in [1.807, 2.05) is 0 Å². The van der Waals surface area contributed by atoms with E-state index < -0.39 is 12.0 Å². The summed E-state index contributed by atoms with van der Waals surface area (Å²) < 4.78 is 1.40. The van der Waals surface area contributed by atoms with E-state index in [0.29, 0.717) is 5.65 Å². The van der Waals surface area contributed by atoms with Crippen LogP contribution < -0.4 is 10.2 Å². The number of amides is 3. The Morgan fingerprint density at radius 3 is 2.80 bits per heavy atom. The molecule has 20 heavy (non-hydrogen) atoms. The van der Waals surface area contributed by atoms with Crippen molar-refractivity contribution in [3.63, 3.8) is 0 Å². The lowest BCUT2D eigenvalue weighted by Crippen LogP contribution is -2.50.